The number of nitro benzene ring substituents is 1. The largest absolute Gasteiger partial charge is 0.874 e. The molecule has 208 valence electrons. The molecule has 0 saturated carbocycles. The second-order valence-corrected chi connectivity index (χ2v) is 10.2. The predicted octanol–water partition coefficient (Wildman–Crippen LogP) is 3.61. The third-order valence-electron chi connectivity index (χ3n) is 7.23. The number of esters is 1. The number of nitrogens with zero attached hydrogens (tertiary/aromatic N) is 3. The zero-order valence-electron chi connectivity index (χ0n) is 22.3. The van der Waals surface area contributed by atoms with Gasteiger partial charge in [-0.05, 0) is 44.9 Å². The van der Waals surface area contributed by atoms with Crippen LogP contribution >= 0.6 is 11.8 Å². The lowest BCUT2D eigenvalue weighted by atomic mass is 10.0. The van der Waals surface area contributed by atoms with Gasteiger partial charge in [0.2, 0.25) is 11.0 Å². The quantitative estimate of drug-likeness (QED) is 0.0697. The summed E-state index contributed by atoms with van der Waals surface area (Å²) in [6.07, 6.45) is -0.295. The smallest absolute Gasteiger partial charge is 0.354 e. The van der Waals surface area contributed by atoms with Crippen LogP contribution in [0.5, 0.6) is 0 Å². The first-order valence-electron chi connectivity index (χ1n) is 12.9. The second-order valence-electron chi connectivity index (χ2n) is 9.14. The Hall–Kier alpha value is -3.70. The van der Waals surface area contributed by atoms with Crippen molar-refractivity contribution in [1.29, 1.82) is 0 Å². The first kappa shape index (κ1) is 29.9. The summed E-state index contributed by atoms with van der Waals surface area (Å²) in [7, 11) is 0. The minimum atomic E-state index is -0.933. The standard InChI is InChI=1S/C28H33N3O7S/c1-4-31(5-2,6-3)24-18-25(33)29(24)26(23(32)16-17-39-28(35)21-10-8-7-9-11-21)27(34)38-19-20-12-14-22(15-13-20)30(36)37/h7-15,24H,4-6,16-19H2,1-3H3. The van der Waals surface area contributed by atoms with E-state index in [4.69, 9.17) is 4.74 Å². The normalized spacial score (nSPS) is 15.8. The number of thioether (sulfide) groups is 1. The summed E-state index contributed by atoms with van der Waals surface area (Å²) >= 11 is 0.971. The fourth-order valence-corrected chi connectivity index (χ4v) is 5.48. The number of carbonyl (C=O) groups is 3. The number of amides is 1. The number of nitro groups is 1. The van der Waals surface area contributed by atoms with Gasteiger partial charge in [0.05, 0.1) is 24.6 Å². The van der Waals surface area contributed by atoms with Crippen LogP contribution in [0, 0.1) is 10.1 Å². The average molecular weight is 556 g/mol. The van der Waals surface area contributed by atoms with E-state index in [0.717, 1.165) is 11.8 Å². The number of non-ortho nitro benzene ring substituents is 1. The van der Waals surface area contributed by atoms with Gasteiger partial charge in [-0.25, -0.2) is 4.79 Å². The Morgan fingerprint density at radius 2 is 1.67 bits per heavy atom. The van der Waals surface area contributed by atoms with Gasteiger partial charge in [0, 0.05) is 23.4 Å². The molecule has 39 heavy (non-hydrogen) atoms. The summed E-state index contributed by atoms with van der Waals surface area (Å²) in [5, 5.41) is 24.1. The van der Waals surface area contributed by atoms with E-state index in [1.54, 1.807) is 30.3 Å². The zero-order valence-corrected chi connectivity index (χ0v) is 23.1. The number of hydrogen-bond donors (Lipinski definition) is 0. The minimum Gasteiger partial charge on any atom is -0.874 e. The number of allylic oxidation sites excluding steroid dienone is 1. The Morgan fingerprint density at radius 3 is 2.21 bits per heavy atom. The molecule has 1 heterocycles. The van der Waals surface area contributed by atoms with Crippen molar-refractivity contribution in [3.8, 4) is 0 Å². The van der Waals surface area contributed by atoms with E-state index in [2.05, 4.69) is 0 Å². The molecular formula is C28H33N3O7S. The number of benzene rings is 2. The molecule has 1 atom stereocenters. The van der Waals surface area contributed by atoms with Gasteiger partial charge in [0.1, 0.15) is 18.7 Å². The topological polar surface area (TPSA) is 130 Å². The fourth-order valence-electron chi connectivity index (χ4n) is 4.71. The Kier molecular flexibility index (Phi) is 10.2. The number of β-lactam (4-membered cyclic amide) rings is 1. The number of likely N-dealkylation sites (tertiary alicyclic amines) is 1. The lowest BCUT2D eigenvalue weighted by molar-refractivity contribution is -0.958. The molecule has 2 aromatic carbocycles. The highest BCUT2D eigenvalue weighted by Gasteiger charge is 2.52. The van der Waals surface area contributed by atoms with Gasteiger partial charge in [0.25, 0.3) is 5.69 Å². The van der Waals surface area contributed by atoms with E-state index in [1.165, 1.54) is 29.2 Å². The van der Waals surface area contributed by atoms with Crippen LogP contribution in [0.15, 0.2) is 66.1 Å². The minimum absolute atomic E-state index is 0.100. The van der Waals surface area contributed by atoms with Gasteiger partial charge in [-0.2, -0.15) is 0 Å². The van der Waals surface area contributed by atoms with Crippen LogP contribution in [0.4, 0.5) is 5.69 Å². The number of quaternary nitrogens is 1. The molecule has 1 unspecified atom stereocenters. The van der Waals surface area contributed by atoms with E-state index in [1.807, 2.05) is 20.8 Å². The Bertz CT molecular complexity index is 1220. The summed E-state index contributed by atoms with van der Waals surface area (Å²) in [6.45, 7) is 7.93. The number of rotatable bonds is 13. The van der Waals surface area contributed by atoms with Gasteiger partial charge in [-0.15, -0.1) is 0 Å². The lowest BCUT2D eigenvalue weighted by Gasteiger charge is -2.53. The maximum atomic E-state index is 13.4. The Balaban J connectivity index is 1.83. The molecule has 0 radical (unpaired) electrons. The highest BCUT2D eigenvalue weighted by molar-refractivity contribution is 8.14. The average Bonchev–Trinajstić information content (AvgIpc) is 2.95. The van der Waals surface area contributed by atoms with Crippen molar-refractivity contribution in [3.05, 3.63) is 87.3 Å². The number of hydrogen-bond acceptors (Lipinski definition) is 8. The van der Waals surface area contributed by atoms with Crippen LogP contribution in [0.1, 0.15) is 49.5 Å². The molecule has 1 saturated heterocycles. The predicted molar refractivity (Wildman–Crippen MR) is 145 cm³/mol. The summed E-state index contributed by atoms with van der Waals surface area (Å²) in [6, 6.07) is 14.2. The Morgan fingerprint density at radius 1 is 1.05 bits per heavy atom. The van der Waals surface area contributed by atoms with Crippen LogP contribution in [-0.4, -0.2) is 62.9 Å². The monoisotopic (exact) mass is 555 g/mol. The molecule has 1 aliphatic rings. The maximum absolute atomic E-state index is 13.4. The molecule has 10 nitrogen and oxygen atoms in total. The van der Waals surface area contributed by atoms with Gasteiger partial charge in [-0.3, -0.25) is 24.6 Å². The second kappa shape index (κ2) is 13.4. The van der Waals surface area contributed by atoms with Crippen LogP contribution in [0.25, 0.3) is 0 Å². The molecule has 1 amide bonds. The molecule has 0 aliphatic carbocycles. The number of carbonyl (C=O) groups excluding carboxylic acids is 3. The van der Waals surface area contributed by atoms with E-state index in [-0.39, 0.29) is 53.8 Å². The van der Waals surface area contributed by atoms with Crippen molar-refractivity contribution >= 4 is 34.4 Å². The molecule has 2 aromatic rings. The highest BCUT2D eigenvalue weighted by Crippen LogP contribution is 2.34. The zero-order chi connectivity index (χ0) is 28.6. The summed E-state index contributed by atoms with van der Waals surface area (Å²) in [5.74, 6) is -1.71. The SMILES string of the molecule is CC[N+](CC)(CC)C1CC(=O)N1/C(C(=O)OCc1ccc([N+](=O)[O-])cc1)=C(/[O-])CCSC(=O)c1ccccc1. The lowest BCUT2D eigenvalue weighted by Crippen LogP contribution is -2.70. The van der Waals surface area contributed by atoms with E-state index in [0.29, 0.717) is 35.2 Å². The first-order valence-corrected chi connectivity index (χ1v) is 13.9. The molecular weight excluding hydrogens is 522 g/mol. The van der Waals surface area contributed by atoms with Crippen molar-refractivity contribution in [2.45, 2.75) is 46.4 Å². The number of ether oxygens (including phenoxy) is 1. The van der Waals surface area contributed by atoms with Crippen LogP contribution < -0.4 is 5.11 Å². The van der Waals surface area contributed by atoms with Crippen molar-refractivity contribution in [1.82, 2.24) is 4.90 Å². The van der Waals surface area contributed by atoms with Gasteiger partial charge >= 0.3 is 5.97 Å². The van der Waals surface area contributed by atoms with Crippen LogP contribution in [-0.2, 0) is 20.9 Å². The van der Waals surface area contributed by atoms with E-state index >= 15 is 0 Å². The molecule has 1 aliphatic heterocycles. The molecule has 0 spiro atoms. The van der Waals surface area contributed by atoms with Crippen LogP contribution in [0.3, 0.4) is 0 Å². The van der Waals surface area contributed by atoms with Crippen LogP contribution in [0.2, 0.25) is 0 Å². The molecule has 0 aromatic heterocycles. The Labute approximate surface area is 232 Å². The first-order chi connectivity index (χ1) is 18.7. The summed E-state index contributed by atoms with van der Waals surface area (Å²) in [5.41, 5.74) is 0.577. The van der Waals surface area contributed by atoms with Gasteiger partial charge in [0.15, 0.2) is 6.17 Å². The summed E-state index contributed by atoms with van der Waals surface area (Å²) < 4.78 is 5.96. The van der Waals surface area contributed by atoms with Crippen molar-refractivity contribution in [2.24, 2.45) is 0 Å². The van der Waals surface area contributed by atoms with E-state index < -0.39 is 16.7 Å². The maximum Gasteiger partial charge on any atom is 0.354 e. The summed E-state index contributed by atoms with van der Waals surface area (Å²) in [4.78, 5) is 50.2. The molecule has 3 rings (SSSR count). The van der Waals surface area contributed by atoms with Gasteiger partial charge < -0.3 is 14.3 Å². The van der Waals surface area contributed by atoms with Crippen molar-refractivity contribution in [3.63, 3.8) is 0 Å². The highest BCUT2D eigenvalue weighted by atomic mass is 32.2. The van der Waals surface area contributed by atoms with Crippen molar-refractivity contribution < 1.29 is 33.6 Å². The third-order valence-corrected chi connectivity index (χ3v) is 8.14. The van der Waals surface area contributed by atoms with E-state index in [9.17, 15) is 29.6 Å². The molecule has 0 bridgehead atoms. The third kappa shape index (κ3) is 6.85. The van der Waals surface area contributed by atoms with Crippen molar-refractivity contribution in [2.75, 3.05) is 25.4 Å². The molecule has 0 N–H and O–H groups in total. The molecule has 11 heteroatoms. The van der Waals surface area contributed by atoms with Gasteiger partial charge in [-0.1, -0.05) is 47.9 Å². The molecule has 1 fully saturated rings. The fraction of sp³-hybridized carbons (Fsp3) is 0.393.